The zero-order chi connectivity index (χ0) is 20.5. The Morgan fingerprint density at radius 1 is 0.964 bits per heavy atom. The Balaban J connectivity index is 2.27. The van der Waals surface area contributed by atoms with Gasteiger partial charge in [-0.2, -0.15) is 0 Å². The van der Waals surface area contributed by atoms with Gasteiger partial charge in [-0.1, -0.05) is 74.0 Å². The fourth-order valence-electron chi connectivity index (χ4n) is 3.24. The Morgan fingerprint density at radius 2 is 1.64 bits per heavy atom. The van der Waals surface area contributed by atoms with Gasteiger partial charge in [-0.05, 0) is 37.8 Å². The van der Waals surface area contributed by atoms with E-state index in [1.807, 2.05) is 76.2 Å². The van der Waals surface area contributed by atoms with Crippen LogP contribution in [0, 0.1) is 6.92 Å². The summed E-state index contributed by atoms with van der Waals surface area (Å²) in [6.45, 7) is 8.45. The molecule has 0 fully saturated rings. The molecule has 0 aliphatic rings. The number of carbonyl (C=O) groups excluding carboxylic acids is 2. The van der Waals surface area contributed by atoms with Crippen molar-refractivity contribution in [3.63, 3.8) is 0 Å². The minimum atomic E-state index is -0.481. The maximum absolute atomic E-state index is 13.2. The second kappa shape index (κ2) is 10.6. The Morgan fingerprint density at radius 3 is 2.25 bits per heavy atom. The summed E-state index contributed by atoms with van der Waals surface area (Å²) in [6, 6.07) is 17.4. The van der Waals surface area contributed by atoms with Gasteiger partial charge >= 0.3 is 0 Å². The van der Waals surface area contributed by atoms with Gasteiger partial charge in [0.15, 0.2) is 0 Å². The van der Waals surface area contributed by atoms with Gasteiger partial charge in [0.05, 0.1) is 6.42 Å². The van der Waals surface area contributed by atoms with Gasteiger partial charge in [0.1, 0.15) is 6.04 Å². The van der Waals surface area contributed by atoms with Crippen LogP contribution in [-0.2, 0) is 22.6 Å². The van der Waals surface area contributed by atoms with Crippen LogP contribution >= 0.6 is 0 Å². The lowest BCUT2D eigenvalue weighted by atomic mass is 10.1. The van der Waals surface area contributed by atoms with E-state index < -0.39 is 6.04 Å². The molecule has 2 atom stereocenters. The second-order valence-corrected chi connectivity index (χ2v) is 7.41. The average molecular weight is 381 g/mol. The molecular weight excluding hydrogens is 348 g/mol. The first-order valence-corrected chi connectivity index (χ1v) is 10.1. The van der Waals surface area contributed by atoms with Crippen LogP contribution in [0.3, 0.4) is 0 Å². The molecule has 4 nitrogen and oxygen atoms in total. The quantitative estimate of drug-likeness (QED) is 0.707. The van der Waals surface area contributed by atoms with Crippen molar-refractivity contribution in [2.24, 2.45) is 0 Å². The van der Waals surface area contributed by atoms with Crippen LogP contribution < -0.4 is 5.32 Å². The van der Waals surface area contributed by atoms with Crippen LogP contribution in [0.5, 0.6) is 0 Å². The predicted molar refractivity (Wildman–Crippen MR) is 114 cm³/mol. The topological polar surface area (TPSA) is 49.4 Å². The molecular formula is C24H32N2O2. The Bertz CT molecular complexity index is 773. The molecule has 0 saturated carbocycles. The Hall–Kier alpha value is -2.62. The third-order valence-electron chi connectivity index (χ3n) is 5.02. The van der Waals surface area contributed by atoms with E-state index in [0.717, 1.165) is 23.1 Å². The molecule has 2 aromatic rings. The highest BCUT2D eigenvalue weighted by Crippen LogP contribution is 2.16. The van der Waals surface area contributed by atoms with Crippen molar-refractivity contribution in [2.45, 2.75) is 65.6 Å². The van der Waals surface area contributed by atoms with E-state index in [1.165, 1.54) is 0 Å². The number of aryl methyl sites for hydroxylation is 1. The fraction of sp³-hybridized carbons (Fsp3) is 0.417. The molecule has 0 unspecified atom stereocenters. The third kappa shape index (κ3) is 6.22. The van der Waals surface area contributed by atoms with Crippen molar-refractivity contribution < 1.29 is 9.59 Å². The molecule has 0 bridgehead atoms. The van der Waals surface area contributed by atoms with Gasteiger partial charge in [-0.3, -0.25) is 9.59 Å². The molecule has 150 valence electrons. The van der Waals surface area contributed by atoms with E-state index in [-0.39, 0.29) is 17.9 Å². The zero-order valence-corrected chi connectivity index (χ0v) is 17.4. The molecule has 4 heteroatoms. The highest BCUT2D eigenvalue weighted by molar-refractivity contribution is 5.88. The summed E-state index contributed by atoms with van der Waals surface area (Å²) in [4.78, 5) is 27.8. The van der Waals surface area contributed by atoms with E-state index >= 15 is 0 Å². The van der Waals surface area contributed by atoms with E-state index in [4.69, 9.17) is 0 Å². The van der Waals surface area contributed by atoms with E-state index in [1.54, 1.807) is 4.90 Å². The van der Waals surface area contributed by atoms with Crippen LogP contribution in [0.1, 0.15) is 50.3 Å². The van der Waals surface area contributed by atoms with Crippen molar-refractivity contribution in [1.82, 2.24) is 10.2 Å². The number of hydrogen-bond donors (Lipinski definition) is 1. The van der Waals surface area contributed by atoms with Gasteiger partial charge in [-0.15, -0.1) is 0 Å². The standard InChI is InChI=1S/C24H32N2O2/c1-5-19(4)25-24(28)22(6-2)26(17-21-14-10-11-18(3)15-21)23(27)16-20-12-8-7-9-13-20/h7-15,19,22H,5-6,16-17H2,1-4H3,(H,25,28)/t19-,22-/m0/s1. The SMILES string of the molecule is CC[C@H](C)NC(=O)[C@H](CC)N(Cc1cccc(C)c1)C(=O)Cc1ccccc1. The van der Waals surface area contributed by atoms with Gasteiger partial charge in [-0.25, -0.2) is 0 Å². The van der Waals surface area contributed by atoms with Crippen LogP contribution in [0.4, 0.5) is 0 Å². The fourth-order valence-corrected chi connectivity index (χ4v) is 3.24. The number of benzene rings is 2. The summed E-state index contributed by atoms with van der Waals surface area (Å²) in [5.74, 6) is -0.107. The van der Waals surface area contributed by atoms with E-state index in [0.29, 0.717) is 19.4 Å². The molecule has 1 N–H and O–H groups in total. The smallest absolute Gasteiger partial charge is 0.243 e. The number of nitrogens with one attached hydrogen (secondary N) is 1. The molecule has 0 aliphatic heterocycles. The van der Waals surface area contributed by atoms with Crippen LogP contribution in [0.15, 0.2) is 54.6 Å². The minimum Gasteiger partial charge on any atom is -0.352 e. The summed E-state index contributed by atoms with van der Waals surface area (Å²) in [7, 11) is 0. The molecule has 28 heavy (non-hydrogen) atoms. The largest absolute Gasteiger partial charge is 0.352 e. The predicted octanol–water partition coefficient (Wildman–Crippen LogP) is 4.26. The summed E-state index contributed by atoms with van der Waals surface area (Å²) in [6.07, 6.45) is 1.73. The number of hydrogen-bond acceptors (Lipinski definition) is 2. The summed E-state index contributed by atoms with van der Waals surface area (Å²) in [5.41, 5.74) is 3.14. The zero-order valence-electron chi connectivity index (χ0n) is 17.4. The second-order valence-electron chi connectivity index (χ2n) is 7.41. The number of carbonyl (C=O) groups is 2. The molecule has 0 aliphatic carbocycles. The van der Waals surface area contributed by atoms with Gasteiger partial charge < -0.3 is 10.2 Å². The lowest BCUT2D eigenvalue weighted by molar-refractivity contribution is -0.141. The van der Waals surface area contributed by atoms with E-state index in [2.05, 4.69) is 11.4 Å². The van der Waals surface area contributed by atoms with Gasteiger partial charge in [0.25, 0.3) is 0 Å². The molecule has 2 amide bonds. The number of nitrogens with zero attached hydrogens (tertiary/aromatic N) is 1. The number of amides is 2. The third-order valence-corrected chi connectivity index (χ3v) is 5.02. The lowest BCUT2D eigenvalue weighted by Crippen LogP contribution is -2.51. The first-order chi connectivity index (χ1) is 13.4. The van der Waals surface area contributed by atoms with Crippen molar-refractivity contribution >= 4 is 11.8 Å². The monoisotopic (exact) mass is 380 g/mol. The molecule has 0 aromatic heterocycles. The van der Waals surface area contributed by atoms with Crippen LogP contribution in [0.2, 0.25) is 0 Å². The van der Waals surface area contributed by atoms with Crippen molar-refractivity contribution in [3.05, 3.63) is 71.3 Å². The molecule has 0 heterocycles. The highest BCUT2D eigenvalue weighted by atomic mass is 16.2. The summed E-state index contributed by atoms with van der Waals surface area (Å²) < 4.78 is 0. The average Bonchev–Trinajstić information content (AvgIpc) is 2.68. The maximum atomic E-state index is 13.2. The van der Waals surface area contributed by atoms with Gasteiger partial charge in [0.2, 0.25) is 11.8 Å². The molecule has 2 aromatic carbocycles. The van der Waals surface area contributed by atoms with Crippen molar-refractivity contribution in [3.8, 4) is 0 Å². The normalized spacial score (nSPS) is 12.9. The maximum Gasteiger partial charge on any atom is 0.243 e. The Labute approximate surface area is 169 Å². The van der Waals surface area contributed by atoms with Crippen molar-refractivity contribution in [1.29, 1.82) is 0 Å². The minimum absolute atomic E-state index is 0.0288. The first-order valence-electron chi connectivity index (χ1n) is 10.1. The lowest BCUT2D eigenvalue weighted by Gasteiger charge is -2.31. The molecule has 0 radical (unpaired) electrons. The Kier molecular flexibility index (Phi) is 8.24. The highest BCUT2D eigenvalue weighted by Gasteiger charge is 2.29. The first kappa shape index (κ1) is 21.7. The molecule has 2 rings (SSSR count). The van der Waals surface area contributed by atoms with Crippen molar-refractivity contribution in [2.75, 3.05) is 0 Å². The summed E-state index contributed by atoms with van der Waals surface area (Å²) in [5, 5.41) is 3.04. The van der Waals surface area contributed by atoms with Crippen LogP contribution in [-0.4, -0.2) is 28.8 Å². The molecule has 0 saturated heterocycles. The number of rotatable bonds is 9. The summed E-state index contributed by atoms with van der Waals surface area (Å²) >= 11 is 0. The molecule has 0 spiro atoms. The van der Waals surface area contributed by atoms with Crippen LogP contribution in [0.25, 0.3) is 0 Å². The van der Waals surface area contributed by atoms with Gasteiger partial charge in [0, 0.05) is 12.6 Å². The van der Waals surface area contributed by atoms with E-state index in [9.17, 15) is 9.59 Å².